The maximum atomic E-state index is 11.2. The lowest BCUT2D eigenvalue weighted by atomic mass is 10.3. The van der Waals surface area contributed by atoms with Gasteiger partial charge in [0, 0.05) is 27.2 Å². The van der Waals surface area contributed by atoms with Crippen molar-refractivity contribution >= 4 is 6.03 Å². The van der Waals surface area contributed by atoms with E-state index in [0.717, 1.165) is 25.3 Å². The Morgan fingerprint density at radius 1 is 1.16 bits per heavy atom. The van der Waals surface area contributed by atoms with Crippen molar-refractivity contribution in [1.82, 2.24) is 15.5 Å². The number of hydrogen-bond donors (Lipinski definition) is 2. The SMILES string of the molecule is CN(C)C(=O)NCCNCCCOc1ccccc1. The number of carbonyl (C=O) groups excluding carboxylic acids is 1. The Balaban J connectivity index is 1.90. The molecule has 0 heterocycles. The molecule has 0 aromatic heterocycles. The molecule has 0 bridgehead atoms. The monoisotopic (exact) mass is 265 g/mol. The highest BCUT2D eigenvalue weighted by Crippen LogP contribution is 2.07. The van der Waals surface area contributed by atoms with Gasteiger partial charge in [-0.25, -0.2) is 4.79 Å². The Morgan fingerprint density at radius 3 is 2.58 bits per heavy atom. The molecule has 5 nitrogen and oxygen atoms in total. The van der Waals surface area contributed by atoms with Crippen LogP contribution in [0.5, 0.6) is 5.75 Å². The molecule has 2 amide bonds. The van der Waals surface area contributed by atoms with Crippen molar-refractivity contribution in [2.75, 3.05) is 40.3 Å². The Morgan fingerprint density at radius 2 is 1.89 bits per heavy atom. The zero-order chi connectivity index (χ0) is 13.9. The van der Waals surface area contributed by atoms with Gasteiger partial charge in [0.15, 0.2) is 0 Å². The lowest BCUT2D eigenvalue weighted by Crippen LogP contribution is -2.38. The largest absolute Gasteiger partial charge is 0.494 e. The van der Waals surface area contributed by atoms with Gasteiger partial charge in [0.25, 0.3) is 0 Å². The zero-order valence-electron chi connectivity index (χ0n) is 11.7. The fraction of sp³-hybridized carbons (Fsp3) is 0.500. The lowest BCUT2D eigenvalue weighted by molar-refractivity contribution is 0.217. The first-order valence-electron chi connectivity index (χ1n) is 6.54. The van der Waals surface area contributed by atoms with Crippen LogP contribution in [-0.2, 0) is 0 Å². The van der Waals surface area contributed by atoms with E-state index in [-0.39, 0.29) is 6.03 Å². The maximum absolute atomic E-state index is 11.2. The maximum Gasteiger partial charge on any atom is 0.316 e. The van der Waals surface area contributed by atoms with Crippen LogP contribution in [0.4, 0.5) is 4.79 Å². The van der Waals surface area contributed by atoms with Gasteiger partial charge in [-0.3, -0.25) is 0 Å². The van der Waals surface area contributed by atoms with Crippen LogP contribution in [0.3, 0.4) is 0 Å². The number of ether oxygens (including phenoxy) is 1. The van der Waals surface area contributed by atoms with Gasteiger partial charge in [-0.05, 0) is 25.1 Å². The van der Waals surface area contributed by atoms with Crippen molar-refractivity contribution in [2.45, 2.75) is 6.42 Å². The highest BCUT2D eigenvalue weighted by atomic mass is 16.5. The molecule has 0 unspecified atom stereocenters. The average molecular weight is 265 g/mol. The molecule has 0 fully saturated rings. The average Bonchev–Trinajstić information content (AvgIpc) is 2.42. The summed E-state index contributed by atoms with van der Waals surface area (Å²) in [5, 5.41) is 6.04. The third-order valence-electron chi connectivity index (χ3n) is 2.49. The minimum atomic E-state index is -0.0609. The number of amides is 2. The molecule has 0 aliphatic rings. The summed E-state index contributed by atoms with van der Waals surface area (Å²) < 4.78 is 5.57. The van der Waals surface area contributed by atoms with E-state index in [4.69, 9.17) is 4.74 Å². The van der Waals surface area contributed by atoms with Gasteiger partial charge < -0.3 is 20.3 Å². The van der Waals surface area contributed by atoms with Crippen molar-refractivity contribution in [3.8, 4) is 5.75 Å². The van der Waals surface area contributed by atoms with Gasteiger partial charge in [0.1, 0.15) is 5.75 Å². The summed E-state index contributed by atoms with van der Waals surface area (Å²) in [6.45, 7) is 2.98. The van der Waals surface area contributed by atoms with Crippen molar-refractivity contribution in [1.29, 1.82) is 0 Å². The van der Waals surface area contributed by atoms with E-state index in [0.29, 0.717) is 13.2 Å². The van der Waals surface area contributed by atoms with E-state index < -0.39 is 0 Å². The standard InChI is InChI=1S/C14H23N3O2/c1-17(2)14(18)16-11-10-15-9-6-12-19-13-7-4-3-5-8-13/h3-5,7-8,15H,6,9-12H2,1-2H3,(H,16,18). The number of benzene rings is 1. The van der Waals surface area contributed by atoms with Crippen LogP contribution in [0, 0.1) is 0 Å². The van der Waals surface area contributed by atoms with Crippen LogP contribution in [0.25, 0.3) is 0 Å². The van der Waals surface area contributed by atoms with Crippen molar-refractivity contribution < 1.29 is 9.53 Å². The molecular formula is C14H23N3O2. The molecule has 0 aliphatic heterocycles. The third-order valence-corrected chi connectivity index (χ3v) is 2.49. The summed E-state index contributed by atoms with van der Waals surface area (Å²) in [5.41, 5.74) is 0. The summed E-state index contributed by atoms with van der Waals surface area (Å²) in [7, 11) is 3.45. The molecule has 5 heteroatoms. The molecule has 2 N–H and O–H groups in total. The number of nitrogens with zero attached hydrogens (tertiary/aromatic N) is 1. The number of nitrogens with one attached hydrogen (secondary N) is 2. The predicted octanol–water partition coefficient (Wildman–Crippen LogP) is 1.32. The van der Waals surface area contributed by atoms with Crippen LogP contribution in [-0.4, -0.2) is 51.3 Å². The van der Waals surface area contributed by atoms with Crippen LogP contribution in [0.15, 0.2) is 30.3 Å². The second kappa shape index (κ2) is 9.22. The second-order valence-electron chi connectivity index (χ2n) is 4.39. The van der Waals surface area contributed by atoms with Crippen LogP contribution >= 0.6 is 0 Å². The van der Waals surface area contributed by atoms with Gasteiger partial charge in [-0.1, -0.05) is 18.2 Å². The quantitative estimate of drug-likeness (QED) is 0.697. The normalized spacial score (nSPS) is 10.0. The molecule has 0 radical (unpaired) electrons. The molecule has 0 saturated heterocycles. The van der Waals surface area contributed by atoms with Gasteiger partial charge in [0.2, 0.25) is 0 Å². The molecule has 19 heavy (non-hydrogen) atoms. The fourth-order valence-electron chi connectivity index (χ4n) is 1.44. The van der Waals surface area contributed by atoms with E-state index in [1.165, 1.54) is 4.90 Å². The summed E-state index contributed by atoms with van der Waals surface area (Å²) in [4.78, 5) is 12.7. The first-order chi connectivity index (χ1) is 9.20. The Bertz CT molecular complexity index is 355. The number of para-hydroxylation sites is 1. The molecule has 106 valence electrons. The van der Waals surface area contributed by atoms with E-state index in [9.17, 15) is 4.79 Å². The van der Waals surface area contributed by atoms with E-state index in [1.54, 1.807) is 14.1 Å². The van der Waals surface area contributed by atoms with Crippen molar-refractivity contribution in [3.05, 3.63) is 30.3 Å². The van der Waals surface area contributed by atoms with Gasteiger partial charge in [0.05, 0.1) is 6.61 Å². The highest BCUT2D eigenvalue weighted by molar-refractivity contribution is 5.73. The topological polar surface area (TPSA) is 53.6 Å². The van der Waals surface area contributed by atoms with E-state index >= 15 is 0 Å². The van der Waals surface area contributed by atoms with Crippen LogP contribution in [0.2, 0.25) is 0 Å². The second-order valence-corrected chi connectivity index (χ2v) is 4.39. The van der Waals surface area contributed by atoms with Crippen molar-refractivity contribution in [3.63, 3.8) is 0 Å². The predicted molar refractivity (Wildman–Crippen MR) is 76.5 cm³/mol. The van der Waals surface area contributed by atoms with E-state index in [2.05, 4.69) is 10.6 Å². The van der Waals surface area contributed by atoms with Gasteiger partial charge >= 0.3 is 6.03 Å². The molecule has 0 aliphatic carbocycles. The van der Waals surface area contributed by atoms with Crippen molar-refractivity contribution in [2.24, 2.45) is 0 Å². The van der Waals surface area contributed by atoms with E-state index in [1.807, 2.05) is 30.3 Å². The molecule has 1 rings (SSSR count). The fourth-order valence-corrected chi connectivity index (χ4v) is 1.44. The molecule has 1 aromatic carbocycles. The Kier molecular flexibility index (Phi) is 7.43. The summed E-state index contributed by atoms with van der Waals surface area (Å²) >= 11 is 0. The molecule has 0 saturated carbocycles. The summed E-state index contributed by atoms with van der Waals surface area (Å²) in [6.07, 6.45) is 0.941. The van der Waals surface area contributed by atoms with Crippen LogP contribution < -0.4 is 15.4 Å². The minimum absolute atomic E-state index is 0.0609. The minimum Gasteiger partial charge on any atom is -0.494 e. The number of urea groups is 1. The molecule has 1 aromatic rings. The molecule has 0 atom stereocenters. The molecular weight excluding hydrogens is 242 g/mol. The summed E-state index contributed by atoms with van der Waals surface area (Å²) in [5.74, 6) is 0.903. The first-order valence-corrected chi connectivity index (χ1v) is 6.54. The molecule has 0 spiro atoms. The number of hydrogen-bond acceptors (Lipinski definition) is 3. The Labute approximate surface area is 114 Å². The van der Waals surface area contributed by atoms with Gasteiger partial charge in [-0.15, -0.1) is 0 Å². The summed E-state index contributed by atoms with van der Waals surface area (Å²) in [6, 6.07) is 9.72. The third kappa shape index (κ3) is 7.31. The smallest absolute Gasteiger partial charge is 0.316 e. The highest BCUT2D eigenvalue weighted by Gasteiger charge is 2.00. The van der Waals surface area contributed by atoms with Crippen LogP contribution in [0.1, 0.15) is 6.42 Å². The zero-order valence-corrected chi connectivity index (χ0v) is 11.7. The lowest BCUT2D eigenvalue weighted by Gasteiger charge is -2.12. The Hall–Kier alpha value is -1.75. The van der Waals surface area contributed by atoms with Gasteiger partial charge in [-0.2, -0.15) is 0 Å². The number of rotatable bonds is 8. The first kappa shape index (κ1) is 15.3. The number of carbonyl (C=O) groups is 1.